The molecule has 0 bridgehead atoms. The highest BCUT2D eigenvalue weighted by atomic mass is 127. The van der Waals surface area contributed by atoms with Gasteiger partial charge in [-0.1, -0.05) is 30.3 Å². The van der Waals surface area contributed by atoms with Gasteiger partial charge in [0, 0.05) is 44.5 Å². The molecule has 0 amide bonds. The summed E-state index contributed by atoms with van der Waals surface area (Å²) in [5.74, 6) is 0.614. The molecule has 0 unspecified atom stereocenters. The van der Waals surface area contributed by atoms with Gasteiger partial charge in [0.1, 0.15) is 0 Å². The van der Waals surface area contributed by atoms with Gasteiger partial charge in [-0.15, -0.1) is 24.0 Å². The lowest BCUT2D eigenvalue weighted by atomic mass is 10.1. The molecule has 29 heavy (non-hydrogen) atoms. The average molecular weight is 531 g/mol. The third kappa shape index (κ3) is 9.55. The minimum absolute atomic E-state index is 0. The molecule has 0 aliphatic carbocycles. The summed E-state index contributed by atoms with van der Waals surface area (Å²) >= 11 is 0. The van der Waals surface area contributed by atoms with Gasteiger partial charge in [0.2, 0.25) is 10.0 Å². The van der Waals surface area contributed by atoms with Gasteiger partial charge in [-0.3, -0.25) is 9.98 Å². The summed E-state index contributed by atoms with van der Waals surface area (Å²) in [6, 6.07) is 13.2. The maximum atomic E-state index is 12.3. The molecule has 2 rings (SSSR count). The number of benzene rings is 1. The van der Waals surface area contributed by atoms with Crippen LogP contribution in [0.3, 0.4) is 0 Å². The number of pyridine rings is 1. The standard InChI is InChI=1S/C20H29N5O2S.HI/c1-16(2)25-28(26,27)15-18-9-5-4-8-17(18)14-24-20(21-3)23-13-11-19-10-6-7-12-22-19;/h4-10,12,16,25H,11,13-15H2,1-3H3,(H2,21,23,24);1H. The molecule has 0 radical (unpaired) electrons. The second-order valence-corrected chi connectivity index (χ2v) is 8.48. The van der Waals surface area contributed by atoms with Gasteiger partial charge >= 0.3 is 0 Å². The van der Waals surface area contributed by atoms with Crippen molar-refractivity contribution in [3.63, 3.8) is 0 Å². The van der Waals surface area contributed by atoms with Crippen molar-refractivity contribution in [2.75, 3.05) is 13.6 Å². The molecule has 1 aromatic heterocycles. The average Bonchev–Trinajstić information content (AvgIpc) is 2.65. The summed E-state index contributed by atoms with van der Waals surface area (Å²) in [4.78, 5) is 8.52. The molecule has 0 atom stereocenters. The first kappa shape index (κ1) is 25.3. The molecular weight excluding hydrogens is 501 g/mol. The maximum Gasteiger partial charge on any atom is 0.216 e. The van der Waals surface area contributed by atoms with Crippen LogP contribution in [0.2, 0.25) is 0 Å². The van der Waals surface area contributed by atoms with Crippen LogP contribution in [0.5, 0.6) is 0 Å². The van der Waals surface area contributed by atoms with E-state index < -0.39 is 10.0 Å². The molecule has 0 saturated carbocycles. The van der Waals surface area contributed by atoms with Gasteiger partial charge in [-0.25, -0.2) is 13.1 Å². The van der Waals surface area contributed by atoms with Gasteiger partial charge in [-0.05, 0) is 37.1 Å². The quantitative estimate of drug-likeness (QED) is 0.263. The molecule has 1 heterocycles. The molecule has 2 aromatic rings. The third-order valence-electron chi connectivity index (χ3n) is 3.95. The van der Waals surface area contributed by atoms with E-state index in [1.165, 1.54) is 0 Å². The van der Waals surface area contributed by atoms with Crippen molar-refractivity contribution in [1.82, 2.24) is 20.3 Å². The molecule has 9 heteroatoms. The number of aromatic nitrogens is 1. The van der Waals surface area contributed by atoms with Crippen LogP contribution in [-0.4, -0.2) is 39.0 Å². The second kappa shape index (κ2) is 12.8. The van der Waals surface area contributed by atoms with E-state index in [9.17, 15) is 8.42 Å². The molecule has 1 aromatic carbocycles. The van der Waals surface area contributed by atoms with Crippen molar-refractivity contribution in [1.29, 1.82) is 0 Å². The fourth-order valence-electron chi connectivity index (χ4n) is 2.73. The number of halogens is 1. The molecule has 3 N–H and O–H groups in total. The van der Waals surface area contributed by atoms with Crippen molar-refractivity contribution in [2.45, 2.75) is 38.6 Å². The molecule has 0 saturated heterocycles. The fraction of sp³-hybridized carbons (Fsp3) is 0.400. The number of aliphatic imine (C=N–C) groups is 1. The molecule has 7 nitrogen and oxygen atoms in total. The van der Waals surface area contributed by atoms with E-state index in [1.54, 1.807) is 13.2 Å². The van der Waals surface area contributed by atoms with Gasteiger partial charge in [0.15, 0.2) is 5.96 Å². The Labute approximate surface area is 190 Å². The van der Waals surface area contributed by atoms with Crippen molar-refractivity contribution in [2.24, 2.45) is 4.99 Å². The van der Waals surface area contributed by atoms with Crippen molar-refractivity contribution >= 4 is 40.0 Å². The first-order valence-corrected chi connectivity index (χ1v) is 11.0. The van der Waals surface area contributed by atoms with Crippen LogP contribution in [-0.2, 0) is 28.7 Å². The van der Waals surface area contributed by atoms with Crippen LogP contribution in [0.25, 0.3) is 0 Å². The number of hydrogen-bond acceptors (Lipinski definition) is 4. The monoisotopic (exact) mass is 531 g/mol. The Kier molecular flexibility index (Phi) is 11.1. The van der Waals surface area contributed by atoms with Gasteiger partial charge in [0.25, 0.3) is 0 Å². The SMILES string of the molecule is CN=C(NCCc1ccccn1)NCc1ccccc1CS(=O)(=O)NC(C)C.I. The molecule has 0 aliphatic heterocycles. The van der Waals surface area contributed by atoms with E-state index in [0.717, 1.165) is 23.2 Å². The van der Waals surface area contributed by atoms with E-state index in [1.807, 2.05) is 56.3 Å². The summed E-state index contributed by atoms with van der Waals surface area (Å²) in [6.45, 7) is 4.80. The maximum absolute atomic E-state index is 12.3. The molecule has 0 spiro atoms. The predicted octanol–water partition coefficient (Wildman–Crippen LogP) is 2.44. The lowest BCUT2D eigenvalue weighted by Gasteiger charge is -2.15. The fourth-order valence-corrected chi connectivity index (χ4v) is 4.22. The Morgan fingerprint density at radius 3 is 2.38 bits per heavy atom. The van der Waals surface area contributed by atoms with E-state index in [0.29, 0.717) is 19.0 Å². The Bertz CT molecular complexity index is 873. The summed E-state index contributed by atoms with van der Waals surface area (Å²) in [5.41, 5.74) is 2.70. The number of nitrogens with one attached hydrogen (secondary N) is 3. The van der Waals surface area contributed by atoms with Crippen LogP contribution < -0.4 is 15.4 Å². The highest BCUT2D eigenvalue weighted by molar-refractivity contribution is 14.0. The largest absolute Gasteiger partial charge is 0.356 e. The topological polar surface area (TPSA) is 95.5 Å². The van der Waals surface area contributed by atoms with E-state index in [2.05, 4.69) is 25.3 Å². The zero-order chi connectivity index (χ0) is 20.4. The van der Waals surface area contributed by atoms with E-state index in [4.69, 9.17) is 0 Å². The van der Waals surface area contributed by atoms with Gasteiger partial charge < -0.3 is 10.6 Å². The number of nitrogens with zero attached hydrogens (tertiary/aromatic N) is 2. The van der Waals surface area contributed by atoms with E-state index in [-0.39, 0.29) is 35.8 Å². The lowest BCUT2D eigenvalue weighted by molar-refractivity contribution is 0.568. The lowest BCUT2D eigenvalue weighted by Crippen LogP contribution is -2.38. The Balaban J connectivity index is 0.00000420. The third-order valence-corrected chi connectivity index (χ3v) is 5.47. The Hall–Kier alpha value is -1.72. The zero-order valence-corrected chi connectivity index (χ0v) is 20.2. The highest BCUT2D eigenvalue weighted by Crippen LogP contribution is 2.12. The molecular formula is C20H30IN5O2S. The van der Waals surface area contributed by atoms with Crippen LogP contribution in [0.4, 0.5) is 0 Å². The van der Waals surface area contributed by atoms with Crippen molar-refractivity contribution in [3.8, 4) is 0 Å². The van der Waals surface area contributed by atoms with Gasteiger partial charge in [-0.2, -0.15) is 0 Å². The Morgan fingerprint density at radius 2 is 1.76 bits per heavy atom. The Morgan fingerprint density at radius 1 is 1.07 bits per heavy atom. The zero-order valence-electron chi connectivity index (χ0n) is 17.1. The second-order valence-electron chi connectivity index (χ2n) is 6.72. The van der Waals surface area contributed by atoms with Crippen molar-refractivity contribution in [3.05, 3.63) is 65.5 Å². The molecule has 0 aliphatic rings. The van der Waals surface area contributed by atoms with Crippen LogP contribution in [0, 0.1) is 0 Å². The van der Waals surface area contributed by atoms with Crippen LogP contribution in [0.1, 0.15) is 30.7 Å². The number of rotatable bonds is 9. The number of guanidine groups is 1. The normalized spacial score (nSPS) is 11.8. The van der Waals surface area contributed by atoms with Crippen LogP contribution in [0.15, 0.2) is 53.7 Å². The minimum Gasteiger partial charge on any atom is -0.356 e. The molecule has 0 fully saturated rings. The van der Waals surface area contributed by atoms with Crippen LogP contribution >= 0.6 is 24.0 Å². The summed E-state index contributed by atoms with van der Waals surface area (Å²) in [5, 5.41) is 6.49. The minimum atomic E-state index is -3.38. The summed E-state index contributed by atoms with van der Waals surface area (Å²) in [7, 11) is -1.67. The highest BCUT2D eigenvalue weighted by Gasteiger charge is 2.15. The summed E-state index contributed by atoms with van der Waals surface area (Å²) in [6.07, 6.45) is 2.57. The van der Waals surface area contributed by atoms with E-state index >= 15 is 0 Å². The number of sulfonamides is 1. The first-order valence-electron chi connectivity index (χ1n) is 9.31. The first-order chi connectivity index (χ1) is 13.4. The predicted molar refractivity (Wildman–Crippen MR) is 129 cm³/mol. The number of hydrogen-bond donors (Lipinski definition) is 3. The van der Waals surface area contributed by atoms with Crippen molar-refractivity contribution < 1.29 is 8.42 Å². The molecule has 160 valence electrons. The smallest absolute Gasteiger partial charge is 0.216 e. The van der Waals surface area contributed by atoms with Gasteiger partial charge in [0.05, 0.1) is 5.75 Å². The summed E-state index contributed by atoms with van der Waals surface area (Å²) < 4.78 is 27.1.